The lowest BCUT2D eigenvalue weighted by atomic mass is 10.3. The van der Waals surface area contributed by atoms with E-state index in [0.717, 1.165) is 10.7 Å². The van der Waals surface area contributed by atoms with E-state index in [0.29, 0.717) is 6.07 Å². The highest BCUT2D eigenvalue weighted by Gasteiger charge is 2.34. The van der Waals surface area contributed by atoms with Crippen molar-refractivity contribution in [2.45, 2.75) is 6.18 Å². The van der Waals surface area contributed by atoms with E-state index in [2.05, 4.69) is 15.3 Å². The summed E-state index contributed by atoms with van der Waals surface area (Å²) in [6.07, 6.45) is -3.77. The molecule has 0 aliphatic carbocycles. The van der Waals surface area contributed by atoms with Crippen molar-refractivity contribution in [1.29, 1.82) is 0 Å². The zero-order chi connectivity index (χ0) is 11.9. The number of fused-ring (bicyclic) bond motifs is 1. The highest BCUT2D eigenvalue weighted by molar-refractivity contribution is 5.86. The van der Waals surface area contributed by atoms with Crippen molar-refractivity contribution >= 4 is 11.6 Å². The van der Waals surface area contributed by atoms with Crippen LogP contribution < -0.4 is 0 Å². The first kappa shape index (κ1) is 10.3. The van der Waals surface area contributed by atoms with Crippen molar-refractivity contribution in [3.8, 4) is 0 Å². The molecule has 0 aromatic carbocycles. The van der Waals surface area contributed by atoms with E-state index in [9.17, 15) is 18.0 Å². The smallest absolute Gasteiger partial charge is 0.433 e. The van der Waals surface area contributed by atoms with Crippen LogP contribution in [0.15, 0.2) is 12.3 Å². The predicted octanol–water partition coefficient (Wildman–Crippen LogP) is 0.841. The van der Waals surface area contributed by atoms with Gasteiger partial charge in [-0.3, -0.25) is 0 Å². The molecule has 6 nitrogen and oxygen atoms in total. The maximum absolute atomic E-state index is 12.4. The molecule has 84 valence electrons. The minimum absolute atomic E-state index is 0.271. The molecule has 2 heterocycles. The van der Waals surface area contributed by atoms with E-state index in [1.165, 1.54) is 0 Å². The van der Waals surface area contributed by atoms with Crippen molar-refractivity contribution < 1.29 is 23.1 Å². The van der Waals surface area contributed by atoms with Crippen LogP contribution in [-0.4, -0.2) is 30.9 Å². The van der Waals surface area contributed by atoms with Crippen molar-refractivity contribution in [3.63, 3.8) is 0 Å². The molecule has 2 rings (SSSR count). The Balaban J connectivity index is 2.76. The number of aromatic carboxylic acids is 1. The molecule has 0 aliphatic rings. The third kappa shape index (κ3) is 1.55. The van der Waals surface area contributed by atoms with Gasteiger partial charge < -0.3 is 5.11 Å². The monoisotopic (exact) mass is 232 g/mol. The number of hydrogen-bond acceptors (Lipinski definition) is 4. The summed E-state index contributed by atoms with van der Waals surface area (Å²) < 4.78 is 37.8. The van der Waals surface area contributed by atoms with Gasteiger partial charge >= 0.3 is 12.1 Å². The summed E-state index contributed by atoms with van der Waals surface area (Å²) in [5.41, 5.74) is -2.21. The third-order valence-electron chi connectivity index (χ3n) is 1.78. The lowest BCUT2D eigenvalue weighted by molar-refractivity contribution is -0.141. The zero-order valence-corrected chi connectivity index (χ0v) is 7.43. The normalized spacial score (nSPS) is 11.9. The number of nitrogens with zero attached hydrogens (tertiary/aromatic N) is 4. The van der Waals surface area contributed by atoms with Gasteiger partial charge in [0.25, 0.3) is 0 Å². The molecule has 0 aliphatic heterocycles. The molecule has 0 radical (unpaired) electrons. The van der Waals surface area contributed by atoms with E-state index in [1.807, 2.05) is 0 Å². The Bertz CT molecular complexity index is 562. The average molecular weight is 232 g/mol. The quantitative estimate of drug-likeness (QED) is 0.787. The van der Waals surface area contributed by atoms with E-state index >= 15 is 0 Å². The maximum atomic E-state index is 12.4. The second kappa shape index (κ2) is 3.15. The number of aromatic nitrogens is 4. The van der Waals surface area contributed by atoms with Crippen LogP contribution in [-0.2, 0) is 6.18 Å². The first-order valence-corrected chi connectivity index (χ1v) is 3.91. The predicted molar refractivity (Wildman–Crippen MR) is 42.7 cm³/mol. The number of carbonyl (C=O) groups is 1. The Morgan fingerprint density at radius 3 is 2.69 bits per heavy atom. The second-order valence-electron chi connectivity index (χ2n) is 2.83. The van der Waals surface area contributed by atoms with Gasteiger partial charge in [-0.05, 0) is 0 Å². The Kier molecular flexibility index (Phi) is 2.04. The molecule has 0 fully saturated rings. The molecule has 0 spiro atoms. The topological polar surface area (TPSA) is 80.4 Å². The summed E-state index contributed by atoms with van der Waals surface area (Å²) in [7, 11) is 0. The SMILES string of the molecule is O=C(O)c1cc(C(F)(F)F)nc2cnnn12. The van der Waals surface area contributed by atoms with Crippen molar-refractivity contribution in [3.05, 3.63) is 23.7 Å². The Hall–Kier alpha value is -2.19. The van der Waals surface area contributed by atoms with Crippen LogP contribution in [0.2, 0.25) is 0 Å². The zero-order valence-electron chi connectivity index (χ0n) is 7.43. The van der Waals surface area contributed by atoms with Crippen LogP contribution in [0.4, 0.5) is 13.2 Å². The molecule has 16 heavy (non-hydrogen) atoms. The molecule has 0 unspecified atom stereocenters. The average Bonchev–Trinajstić information content (AvgIpc) is 2.61. The van der Waals surface area contributed by atoms with Gasteiger partial charge in [0.15, 0.2) is 11.3 Å². The second-order valence-corrected chi connectivity index (χ2v) is 2.83. The Labute approximate surface area is 85.3 Å². The molecule has 0 saturated carbocycles. The Morgan fingerprint density at radius 1 is 1.44 bits per heavy atom. The number of alkyl halides is 3. The van der Waals surface area contributed by atoms with Crippen molar-refractivity contribution in [2.24, 2.45) is 0 Å². The molecule has 0 atom stereocenters. The van der Waals surface area contributed by atoms with Crippen LogP contribution in [0.1, 0.15) is 16.2 Å². The summed E-state index contributed by atoms with van der Waals surface area (Å²) in [4.78, 5) is 13.9. The molecule has 2 aromatic heterocycles. The summed E-state index contributed by atoms with van der Waals surface area (Å²) in [5.74, 6) is -1.54. The van der Waals surface area contributed by atoms with Gasteiger partial charge in [0, 0.05) is 6.07 Å². The Morgan fingerprint density at radius 2 is 2.12 bits per heavy atom. The molecule has 1 N–H and O–H groups in total. The molecule has 0 saturated heterocycles. The number of rotatable bonds is 1. The van der Waals surface area contributed by atoms with Crippen LogP contribution in [0.25, 0.3) is 5.65 Å². The molecule has 2 aromatic rings. The van der Waals surface area contributed by atoms with Gasteiger partial charge in [0.2, 0.25) is 0 Å². The van der Waals surface area contributed by atoms with Gasteiger partial charge in [-0.1, -0.05) is 5.21 Å². The van der Waals surface area contributed by atoms with Crippen molar-refractivity contribution in [1.82, 2.24) is 19.8 Å². The number of halogens is 3. The van der Waals surface area contributed by atoms with Gasteiger partial charge in [-0.15, -0.1) is 5.10 Å². The fourth-order valence-electron chi connectivity index (χ4n) is 1.12. The lowest BCUT2D eigenvalue weighted by Crippen LogP contribution is -2.14. The van der Waals surface area contributed by atoms with E-state index < -0.39 is 23.5 Å². The summed E-state index contributed by atoms with van der Waals surface area (Å²) in [6.45, 7) is 0. The molecule has 0 amide bonds. The largest absolute Gasteiger partial charge is 0.477 e. The number of hydrogen-bond donors (Lipinski definition) is 1. The van der Waals surface area contributed by atoms with E-state index in [1.54, 1.807) is 0 Å². The highest BCUT2D eigenvalue weighted by Crippen LogP contribution is 2.28. The van der Waals surface area contributed by atoms with Gasteiger partial charge in [0.05, 0.1) is 6.20 Å². The number of carboxylic acids is 1. The molecule has 9 heteroatoms. The fraction of sp³-hybridized carbons (Fsp3) is 0.143. The molecular weight excluding hydrogens is 229 g/mol. The van der Waals surface area contributed by atoms with Crippen molar-refractivity contribution in [2.75, 3.05) is 0 Å². The standard InChI is InChI=1S/C7H3F3N4O2/c8-7(9,10)4-1-3(6(15)16)14-5(12-4)2-11-13-14/h1-2H,(H,15,16). The molecular formula is C7H3F3N4O2. The van der Waals surface area contributed by atoms with Crippen LogP contribution in [0.3, 0.4) is 0 Å². The molecule has 0 bridgehead atoms. The van der Waals surface area contributed by atoms with Crippen LogP contribution in [0.5, 0.6) is 0 Å². The van der Waals surface area contributed by atoms with Gasteiger partial charge in [-0.25, -0.2) is 9.78 Å². The summed E-state index contributed by atoms with van der Waals surface area (Å²) in [5, 5.41) is 15.3. The summed E-state index contributed by atoms with van der Waals surface area (Å²) >= 11 is 0. The van der Waals surface area contributed by atoms with Crippen LogP contribution in [0, 0.1) is 0 Å². The lowest BCUT2D eigenvalue weighted by Gasteiger charge is -2.06. The van der Waals surface area contributed by atoms with Crippen LogP contribution >= 0.6 is 0 Å². The maximum Gasteiger partial charge on any atom is 0.433 e. The minimum atomic E-state index is -4.71. The fourth-order valence-corrected chi connectivity index (χ4v) is 1.12. The van der Waals surface area contributed by atoms with E-state index in [4.69, 9.17) is 5.11 Å². The van der Waals surface area contributed by atoms with E-state index in [-0.39, 0.29) is 5.65 Å². The number of carboxylic acid groups (broad SMARTS) is 1. The highest BCUT2D eigenvalue weighted by atomic mass is 19.4. The first-order valence-electron chi connectivity index (χ1n) is 3.91. The van der Waals surface area contributed by atoms with Gasteiger partial charge in [0.1, 0.15) is 5.69 Å². The minimum Gasteiger partial charge on any atom is -0.477 e. The summed E-state index contributed by atoms with van der Waals surface area (Å²) in [6, 6.07) is 0.407. The van der Waals surface area contributed by atoms with Gasteiger partial charge in [-0.2, -0.15) is 17.7 Å². The third-order valence-corrected chi connectivity index (χ3v) is 1.78. The first-order chi connectivity index (χ1) is 7.39.